The summed E-state index contributed by atoms with van der Waals surface area (Å²) in [6.07, 6.45) is -3.66. The predicted molar refractivity (Wildman–Crippen MR) is 74.3 cm³/mol. The third-order valence-electron chi connectivity index (χ3n) is 3.95. The van der Waals surface area contributed by atoms with Crippen molar-refractivity contribution in [3.63, 3.8) is 0 Å². The monoisotopic (exact) mass is 303 g/mol. The molecule has 2 atom stereocenters. The molecule has 2 unspecified atom stereocenters. The third-order valence-corrected chi connectivity index (χ3v) is 3.95. The van der Waals surface area contributed by atoms with Gasteiger partial charge in [0.25, 0.3) is 0 Å². The Kier molecular flexibility index (Phi) is 4.37. The zero-order valence-electron chi connectivity index (χ0n) is 12.3. The summed E-state index contributed by atoms with van der Waals surface area (Å²) in [5.74, 6) is -0.217. The summed E-state index contributed by atoms with van der Waals surface area (Å²) in [4.78, 5) is 0. The first-order valence-electron chi connectivity index (χ1n) is 6.96. The second-order valence-corrected chi connectivity index (χ2v) is 5.77. The van der Waals surface area contributed by atoms with Crippen LogP contribution >= 0.6 is 0 Å². The second kappa shape index (κ2) is 5.75. The number of nitrogens with one attached hydrogen (secondary N) is 1. The fourth-order valence-electron chi connectivity index (χ4n) is 2.60. The van der Waals surface area contributed by atoms with Gasteiger partial charge in [-0.2, -0.15) is 0 Å². The smallest absolute Gasteiger partial charge is 0.406 e. The Morgan fingerprint density at radius 3 is 2.62 bits per heavy atom. The topological polar surface area (TPSA) is 30.5 Å². The van der Waals surface area contributed by atoms with Crippen molar-refractivity contribution in [2.75, 3.05) is 11.9 Å². The van der Waals surface area contributed by atoms with Gasteiger partial charge in [-0.1, -0.05) is 19.9 Å². The summed E-state index contributed by atoms with van der Waals surface area (Å²) in [7, 11) is 0. The minimum Gasteiger partial charge on any atom is -0.406 e. The van der Waals surface area contributed by atoms with Gasteiger partial charge in [-0.25, -0.2) is 0 Å². The van der Waals surface area contributed by atoms with Crippen LogP contribution in [0.5, 0.6) is 5.75 Å². The van der Waals surface area contributed by atoms with Crippen molar-refractivity contribution in [1.29, 1.82) is 0 Å². The van der Waals surface area contributed by atoms with Crippen LogP contribution in [0.4, 0.5) is 18.9 Å². The van der Waals surface area contributed by atoms with Crippen molar-refractivity contribution in [2.24, 2.45) is 5.41 Å². The van der Waals surface area contributed by atoms with E-state index in [-0.39, 0.29) is 23.3 Å². The van der Waals surface area contributed by atoms with Crippen LogP contribution < -0.4 is 10.1 Å². The molecular formula is C15H20F3NO2. The van der Waals surface area contributed by atoms with Crippen LogP contribution in [0.2, 0.25) is 0 Å². The van der Waals surface area contributed by atoms with Gasteiger partial charge in [0.05, 0.1) is 6.10 Å². The molecule has 1 saturated carbocycles. The predicted octanol–water partition coefficient (Wildman–Crippen LogP) is 4.20. The van der Waals surface area contributed by atoms with Gasteiger partial charge >= 0.3 is 6.36 Å². The lowest BCUT2D eigenvalue weighted by molar-refractivity contribution is -0.274. The maximum absolute atomic E-state index is 12.2. The van der Waals surface area contributed by atoms with Crippen molar-refractivity contribution in [1.82, 2.24) is 0 Å². The summed E-state index contributed by atoms with van der Waals surface area (Å²) >= 11 is 0. The average molecular weight is 303 g/mol. The second-order valence-electron chi connectivity index (χ2n) is 5.77. The van der Waals surface area contributed by atoms with Gasteiger partial charge in [0.1, 0.15) is 5.75 Å². The van der Waals surface area contributed by atoms with E-state index < -0.39 is 6.36 Å². The Bertz CT molecular complexity index is 488. The number of ether oxygens (including phenoxy) is 2. The Morgan fingerprint density at radius 1 is 1.33 bits per heavy atom. The molecule has 1 aromatic carbocycles. The molecule has 1 aromatic rings. The average Bonchev–Trinajstić information content (AvgIpc) is 2.36. The summed E-state index contributed by atoms with van der Waals surface area (Å²) in [5, 5.41) is 3.26. The molecule has 0 radical (unpaired) electrons. The standard InChI is InChI=1S/C15H20F3NO2/c1-4-20-13-9-12(14(13,2)3)19-10-6-5-7-11(8-10)21-15(16,17)18/h5-8,12-13,19H,4,9H2,1-3H3. The zero-order valence-corrected chi connectivity index (χ0v) is 12.3. The molecule has 0 heterocycles. The molecular weight excluding hydrogens is 283 g/mol. The van der Waals surface area contributed by atoms with E-state index >= 15 is 0 Å². The summed E-state index contributed by atoms with van der Waals surface area (Å²) in [5.41, 5.74) is 0.557. The molecule has 0 amide bonds. The molecule has 0 spiro atoms. The number of hydrogen-bond acceptors (Lipinski definition) is 3. The van der Waals surface area contributed by atoms with Crippen LogP contribution in [0.25, 0.3) is 0 Å². The molecule has 1 aliphatic rings. The van der Waals surface area contributed by atoms with Gasteiger partial charge in [0.2, 0.25) is 0 Å². The first-order valence-corrected chi connectivity index (χ1v) is 6.96. The van der Waals surface area contributed by atoms with Crippen LogP contribution in [0.3, 0.4) is 0 Å². The molecule has 1 fully saturated rings. The normalized spacial score (nSPS) is 24.3. The third kappa shape index (κ3) is 3.81. The van der Waals surface area contributed by atoms with Crippen molar-refractivity contribution >= 4 is 5.69 Å². The molecule has 1 N–H and O–H groups in total. The van der Waals surface area contributed by atoms with Gasteiger partial charge in [0.15, 0.2) is 0 Å². The van der Waals surface area contributed by atoms with Gasteiger partial charge in [0, 0.05) is 29.8 Å². The Morgan fingerprint density at radius 2 is 2.05 bits per heavy atom. The van der Waals surface area contributed by atoms with Crippen molar-refractivity contribution in [3.05, 3.63) is 24.3 Å². The number of benzene rings is 1. The van der Waals surface area contributed by atoms with Gasteiger partial charge in [-0.15, -0.1) is 13.2 Å². The zero-order chi connectivity index (χ0) is 15.7. The summed E-state index contributed by atoms with van der Waals surface area (Å²) in [6.45, 7) is 6.79. The van der Waals surface area contributed by atoms with Crippen molar-refractivity contribution in [3.8, 4) is 5.75 Å². The van der Waals surface area contributed by atoms with Gasteiger partial charge in [-0.3, -0.25) is 0 Å². The number of halogens is 3. The molecule has 0 aromatic heterocycles. The number of anilines is 1. The molecule has 21 heavy (non-hydrogen) atoms. The van der Waals surface area contributed by atoms with E-state index in [0.717, 1.165) is 6.42 Å². The maximum atomic E-state index is 12.2. The number of alkyl halides is 3. The highest BCUT2D eigenvalue weighted by atomic mass is 19.4. The quantitative estimate of drug-likeness (QED) is 0.884. The van der Waals surface area contributed by atoms with Crippen molar-refractivity contribution < 1.29 is 22.6 Å². The SMILES string of the molecule is CCOC1CC(Nc2cccc(OC(F)(F)F)c2)C1(C)C. The highest BCUT2D eigenvalue weighted by Gasteiger charge is 2.48. The minimum absolute atomic E-state index is 0.0586. The molecule has 3 nitrogen and oxygen atoms in total. The summed E-state index contributed by atoms with van der Waals surface area (Å²) < 4.78 is 46.2. The fraction of sp³-hybridized carbons (Fsp3) is 0.600. The molecule has 2 rings (SSSR count). The van der Waals surface area contributed by atoms with Gasteiger partial charge in [-0.05, 0) is 25.5 Å². The van der Waals surface area contributed by atoms with E-state index in [1.807, 2.05) is 6.92 Å². The lowest BCUT2D eigenvalue weighted by Crippen LogP contribution is -2.58. The highest BCUT2D eigenvalue weighted by Crippen LogP contribution is 2.44. The maximum Gasteiger partial charge on any atom is 0.573 e. The highest BCUT2D eigenvalue weighted by molar-refractivity contribution is 5.50. The Labute approximate surface area is 122 Å². The molecule has 0 aliphatic heterocycles. The molecule has 118 valence electrons. The van der Waals surface area contributed by atoms with Crippen LogP contribution in [0.1, 0.15) is 27.2 Å². The lowest BCUT2D eigenvalue weighted by atomic mass is 9.64. The molecule has 1 aliphatic carbocycles. The van der Waals surface area contributed by atoms with Crippen LogP contribution in [-0.4, -0.2) is 25.1 Å². The Hall–Kier alpha value is -1.43. The van der Waals surface area contributed by atoms with Crippen LogP contribution in [0.15, 0.2) is 24.3 Å². The van der Waals surface area contributed by atoms with Crippen LogP contribution in [0, 0.1) is 5.41 Å². The minimum atomic E-state index is -4.67. The number of rotatable bonds is 5. The summed E-state index contributed by atoms with van der Waals surface area (Å²) in [6, 6.07) is 6.07. The molecule has 0 saturated heterocycles. The van der Waals surface area contributed by atoms with E-state index in [2.05, 4.69) is 23.9 Å². The molecule has 6 heteroatoms. The number of hydrogen-bond donors (Lipinski definition) is 1. The van der Waals surface area contributed by atoms with E-state index in [9.17, 15) is 13.2 Å². The van der Waals surface area contributed by atoms with E-state index in [4.69, 9.17) is 4.74 Å². The van der Waals surface area contributed by atoms with E-state index in [1.54, 1.807) is 6.07 Å². The first-order chi connectivity index (χ1) is 9.72. The van der Waals surface area contributed by atoms with Crippen molar-refractivity contribution in [2.45, 2.75) is 45.7 Å². The molecule has 0 bridgehead atoms. The van der Waals surface area contributed by atoms with Crippen LogP contribution in [-0.2, 0) is 4.74 Å². The van der Waals surface area contributed by atoms with E-state index in [1.165, 1.54) is 18.2 Å². The van der Waals surface area contributed by atoms with E-state index in [0.29, 0.717) is 12.3 Å². The van der Waals surface area contributed by atoms with Gasteiger partial charge < -0.3 is 14.8 Å². The Balaban J connectivity index is 2.00. The fourth-order valence-corrected chi connectivity index (χ4v) is 2.60. The first kappa shape index (κ1) is 15.9. The largest absolute Gasteiger partial charge is 0.573 e. The lowest BCUT2D eigenvalue weighted by Gasteiger charge is -2.52.